The minimum absolute atomic E-state index is 0.226. The molecule has 0 amide bonds. The van der Waals surface area contributed by atoms with Crippen LogP contribution < -0.4 is 0 Å². The molecule has 0 saturated carbocycles. The monoisotopic (exact) mass is 295 g/mol. The fourth-order valence-electron chi connectivity index (χ4n) is 1.66. The van der Waals surface area contributed by atoms with Crippen molar-refractivity contribution >= 4 is 28.9 Å². The van der Waals surface area contributed by atoms with E-state index in [0.29, 0.717) is 11.6 Å². The number of halogens is 1. The van der Waals surface area contributed by atoms with Gasteiger partial charge in [-0.1, -0.05) is 23.7 Å². The van der Waals surface area contributed by atoms with Crippen molar-refractivity contribution in [2.24, 2.45) is 0 Å². The van der Waals surface area contributed by atoms with Gasteiger partial charge < -0.3 is 4.74 Å². The van der Waals surface area contributed by atoms with Gasteiger partial charge in [0.05, 0.1) is 18.7 Å². The third-order valence-electron chi connectivity index (χ3n) is 2.60. The summed E-state index contributed by atoms with van der Waals surface area (Å²) in [6, 6.07) is 7.51. The fraction of sp³-hybridized carbons (Fsp3) is 0.286. The van der Waals surface area contributed by atoms with Crippen molar-refractivity contribution in [1.29, 1.82) is 0 Å². The summed E-state index contributed by atoms with van der Waals surface area (Å²) in [6.07, 6.45) is 0.226. The average Bonchev–Trinajstić information content (AvgIpc) is 2.72. The summed E-state index contributed by atoms with van der Waals surface area (Å²) in [7, 11) is 0. The first-order valence-electron chi connectivity index (χ1n) is 5.98. The van der Waals surface area contributed by atoms with Gasteiger partial charge in [-0.15, -0.1) is 11.3 Å². The Morgan fingerprint density at radius 1 is 1.37 bits per heavy atom. The number of carbonyl (C=O) groups excluding carboxylic acids is 1. The Kier molecular flexibility index (Phi) is 4.56. The van der Waals surface area contributed by atoms with Gasteiger partial charge in [-0.05, 0) is 26.0 Å². The second-order valence-corrected chi connectivity index (χ2v) is 5.65. The maximum Gasteiger partial charge on any atom is 0.311 e. The minimum Gasteiger partial charge on any atom is -0.466 e. The molecule has 0 radical (unpaired) electrons. The summed E-state index contributed by atoms with van der Waals surface area (Å²) < 4.78 is 4.94. The Labute approximate surface area is 121 Å². The SMILES string of the molecule is CCOC(=O)Cc1nc(-c2ccc(Cl)cc2)sc1C. The quantitative estimate of drug-likeness (QED) is 0.804. The number of hydrogen-bond donors (Lipinski definition) is 0. The lowest BCUT2D eigenvalue weighted by molar-refractivity contribution is -0.142. The fourth-order valence-corrected chi connectivity index (χ4v) is 2.72. The van der Waals surface area contributed by atoms with E-state index in [-0.39, 0.29) is 12.4 Å². The molecule has 0 aliphatic carbocycles. The Morgan fingerprint density at radius 3 is 2.68 bits per heavy atom. The van der Waals surface area contributed by atoms with Gasteiger partial charge in [0, 0.05) is 15.5 Å². The molecule has 1 aromatic heterocycles. The number of ether oxygens (including phenoxy) is 1. The van der Waals surface area contributed by atoms with Gasteiger partial charge in [-0.3, -0.25) is 4.79 Å². The van der Waals surface area contributed by atoms with Gasteiger partial charge in [0.15, 0.2) is 0 Å². The molecule has 0 saturated heterocycles. The van der Waals surface area contributed by atoms with Crippen molar-refractivity contribution in [1.82, 2.24) is 4.98 Å². The summed E-state index contributed by atoms with van der Waals surface area (Å²) in [4.78, 5) is 17.0. The normalized spacial score (nSPS) is 10.5. The molecular formula is C14H14ClNO2S. The number of aromatic nitrogens is 1. The van der Waals surface area contributed by atoms with E-state index in [4.69, 9.17) is 16.3 Å². The molecule has 19 heavy (non-hydrogen) atoms. The van der Waals surface area contributed by atoms with E-state index in [2.05, 4.69) is 4.98 Å². The predicted molar refractivity (Wildman–Crippen MR) is 77.6 cm³/mol. The molecular weight excluding hydrogens is 282 g/mol. The van der Waals surface area contributed by atoms with E-state index >= 15 is 0 Å². The summed E-state index contributed by atoms with van der Waals surface area (Å²) >= 11 is 7.43. The first-order chi connectivity index (χ1) is 9.10. The molecule has 1 aromatic carbocycles. The van der Waals surface area contributed by atoms with Gasteiger partial charge in [0.1, 0.15) is 5.01 Å². The minimum atomic E-state index is -0.237. The first-order valence-corrected chi connectivity index (χ1v) is 7.17. The maximum absolute atomic E-state index is 11.5. The highest BCUT2D eigenvalue weighted by atomic mass is 35.5. The predicted octanol–water partition coefficient (Wildman–Crippen LogP) is 3.88. The van der Waals surface area contributed by atoms with Crippen LogP contribution in [0.15, 0.2) is 24.3 Å². The van der Waals surface area contributed by atoms with Gasteiger partial charge in [0.2, 0.25) is 0 Å². The Morgan fingerprint density at radius 2 is 2.05 bits per heavy atom. The average molecular weight is 296 g/mol. The van der Waals surface area contributed by atoms with Crippen LogP contribution >= 0.6 is 22.9 Å². The van der Waals surface area contributed by atoms with Crippen LogP contribution in [0.5, 0.6) is 0 Å². The second kappa shape index (κ2) is 6.17. The van der Waals surface area contributed by atoms with E-state index < -0.39 is 0 Å². The van der Waals surface area contributed by atoms with Crippen LogP contribution in [0.25, 0.3) is 10.6 Å². The zero-order chi connectivity index (χ0) is 13.8. The molecule has 0 bridgehead atoms. The van der Waals surface area contributed by atoms with Gasteiger partial charge >= 0.3 is 5.97 Å². The van der Waals surface area contributed by atoms with E-state index in [1.54, 1.807) is 18.3 Å². The molecule has 2 rings (SSSR count). The van der Waals surface area contributed by atoms with Gasteiger partial charge in [-0.25, -0.2) is 4.98 Å². The van der Waals surface area contributed by atoms with Crippen LogP contribution in [-0.2, 0) is 16.0 Å². The van der Waals surface area contributed by atoms with E-state index in [1.165, 1.54) is 0 Å². The third kappa shape index (κ3) is 3.55. The van der Waals surface area contributed by atoms with Crippen molar-refractivity contribution in [3.8, 4) is 10.6 Å². The van der Waals surface area contributed by atoms with E-state index in [0.717, 1.165) is 21.1 Å². The molecule has 0 unspecified atom stereocenters. The van der Waals surface area contributed by atoms with Crippen molar-refractivity contribution in [2.45, 2.75) is 20.3 Å². The standard InChI is InChI=1S/C14H14ClNO2S/c1-3-18-13(17)8-12-9(2)19-14(16-12)10-4-6-11(15)7-5-10/h4-7H,3,8H2,1-2H3. The highest BCUT2D eigenvalue weighted by Crippen LogP contribution is 2.28. The molecule has 0 spiro atoms. The van der Waals surface area contributed by atoms with Crippen LogP contribution in [0.4, 0.5) is 0 Å². The first kappa shape index (κ1) is 14.0. The number of esters is 1. The lowest BCUT2D eigenvalue weighted by Gasteiger charge is -1.99. The summed E-state index contributed by atoms with van der Waals surface area (Å²) in [5.74, 6) is -0.237. The third-order valence-corrected chi connectivity index (χ3v) is 3.92. The largest absolute Gasteiger partial charge is 0.466 e. The van der Waals surface area contributed by atoms with Crippen LogP contribution in [0.3, 0.4) is 0 Å². The molecule has 0 atom stereocenters. The zero-order valence-corrected chi connectivity index (χ0v) is 12.3. The molecule has 3 nitrogen and oxygen atoms in total. The Balaban J connectivity index is 2.21. The number of hydrogen-bond acceptors (Lipinski definition) is 4. The Bertz CT molecular complexity index is 578. The van der Waals surface area contributed by atoms with Crippen molar-refractivity contribution in [3.05, 3.63) is 39.9 Å². The Hall–Kier alpha value is -1.39. The molecule has 0 aliphatic rings. The smallest absolute Gasteiger partial charge is 0.311 e. The van der Waals surface area contributed by atoms with Crippen molar-refractivity contribution in [2.75, 3.05) is 6.61 Å². The van der Waals surface area contributed by atoms with E-state index in [9.17, 15) is 4.79 Å². The number of carbonyl (C=O) groups is 1. The molecule has 0 fully saturated rings. The summed E-state index contributed by atoms with van der Waals surface area (Å²) in [5, 5.41) is 1.59. The highest BCUT2D eigenvalue weighted by Gasteiger charge is 2.13. The molecule has 1 heterocycles. The van der Waals surface area contributed by atoms with Gasteiger partial charge in [0.25, 0.3) is 0 Å². The van der Waals surface area contributed by atoms with Crippen LogP contribution in [0, 0.1) is 6.92 Å². The lowest BCUT2D eigenvalue weighted by atomic mass is 10.2. The summed E-state index contributed by atoms with van der Waals surface area (Å²) in [6.45, 7) is 4.16. The number of benzene rings is 1. The topological polar surface area (TPSA) is 39.2 Å². The molecule has 2 aromatic rings. The highest BCUT2D eigenvalue weighted by molar-refractivity contribution is 7.15. The number of nitrogens with zero attached hydrogens (tertiary/aromatic N) is 1. The molecule has 100 valence electrons. The van der Waals surface area contributed by atoms with Crippen molar-refractivity contribution in [3.63, 3.8) is 0 Å². The second-order valence-electron chi connectivity index (χ2n) is 4.01. The number of aryl methyl sites for hydroxylation is 1. The summed E-state index contributed by atoms with van der Waals surface area (Å²) in [5.41, 5.74) is 1.79. The maximum atomic E-state index is 11.5. The molecule has 5 heteroatoms. The van der Waals surface area contributed by atoms with E-state index in [1.807, 2.05) is 31.2 Å². The number of thiazole rings is 1. The molecule has 0 N–H and O–H groups in total. The number of rotatable bonds is 4. The lowest BCUT2D eigenvalue weighted by Crippen LogP contribution is -2.08. The van der Waals surface area contributed by atoms with Crippen LogP contribution in [0.2, 0.25) is 5.02 Å². The van der Waals surface area contributed by atoms with Gasteiger partial charge in [-0.2, -0.15) is 0 Å². The van der Waals surface area contributed by atoms with Crippen molar-refractivity contribution < 1.29 is 9.53 Å². The van der Waals surface area contributed by atoms with Crippen LogP contribution in [0.1, 0.15) is 17.5 Å². The molecule has 0 aliphatic heterocycles. The van der Waals surface area contributed by atoms with Crippen LogP contribution in [-0.4, -0.2) is 17.6 Å². The zero-order valence-electron chi connectivity index (χ0n) is 10.8.